The predicted molar refractivity (Wildman–Crippen MR) is 155 cm³/mol. The third-order valence-electron chi connectivity index (χ3n) is 6.39. The smallest absolute Gasteiger partial charge is 0.264 e. The van der Waals surface area contributed by atoms with E-state index in [4.69, 9.17) is 4.74 Å². The van der Waals surface area contributed by atoms with E-state index in [2.05, 4.69) is 22.2 Å². The molecule has 3 aromatic rings. The number of thioether (sulfide) groups is 1. The quantitative estimate of drug-likeness (QED) is 0.372. The van der Waals surface area contributed by atoms with Gasteiger partial charge in [-0.3, -0.25) is 9.10 Å². The lowest BCUT2D eigenvalue weighted by Crippen LogP contribution is -2.44. The Kier molecular flexibility index (Phi) is 9.19. The third-order valence-corrected chi connectivity index (χ3v) is 8.91. The van der Waals surface area contributed by atoms with Gasteiger partial charge in [-0.2, -0.15) is 0 Å². The monoisotopic (exact) mass is 554 g/mol. The Labute approximate surface area is 229 Å². The van der Waals surface area contributed by atoms with Gasteiger partial charge in [0.15, 0.2) is 0 Å². The molecule has 202 valence electrons. The van der Waals surface area contributed by atoms with E-state index in [0.29, 0.717) is 23.7 Å². The first-order valence-electron chi connectivity index (χ1n) is 12.5. The van der Waals surface area contributed by atoms with Gasteiger partial charge in [0.1, 0.15) is 12.3 Å². The van der Waals surface area contributed by atoms with E-state index in [1.54, 1.807) is 48.5 Å². The van der Waals surface area contributed by atoms with E-state index in [-0.39, 0.29) is 4.90 Å². The molecule has 0 saturated carbocycles. The van der Waals surface area contributed by atoms with Gasteiger partial charge in [0.25, 0.3) is 10.0 Å². The maximum atomic E-state index is 13.8. The highest BCUT2D eigenvalue weighted by atomic mass is 32.2. The normalized spacial score (nSPS) is 14.2. The first-order valence-corrected chi connectivity index (χ1v) is 15.2. The fourth-order valence-corrected chi connectivity index (χ4v) is 6.11. The summed E-state index contributed by atoms with van der Waals surface area (Å²) in [7, 11) is -1.94. The van der Waals surface area contributed by atoms with Crippen molar-refractivity contribution in [3.63, 3.8) is 0 Å². The number of carbonyl (C=O) groups excluding carboxylic acids is 1. The molecule has 1 aliphatic rings. The third kappa shape index (κ3) is 6.61. The molecule has 1 N–H and O–H groups in total. The van der Waals surface area contributed by atoms with Crippen LogP contribution in [0.2, 0.25) is 0 Å². The summed E-state index contributed by atoms with van der Waals surface area (Å²) in [5.74, 6) is -0.0587. The van der Waals surface area contributed by atoms with Crippen LogP contribution in [-0.4, -0.2) is 71.9 Å². The van der Waals surface area contributed by atoms with Crippen LogP contribution in [0, 0.1) is 0 Å². The number of sulfonamides is 1. The zero-order valence-electron chi connectivity index (χ0n) is 22.0. The molecule has 1 amide bonds. The van der Waals surface area contributed by atoms with Crippen LogP contribution >= 0.6 is 11.8 Å². The minimum Gasteiger partial charge on any atom is -0.492 e. The average Bonchev–Trinajstić information content (AvgIpc) is 2.93. The number of ether oxygens (including phenoxy) is 1. The molecular formula is C28H34N4O4S2. The highest BCUT2D eigenvalue weighted by Crippen LogP contribution is 2.33. The number of nitrogens with one attached hydrogen (secondary N) is 1. The first-order chi connectivity index (χ1) is 18.3. The van der Waals surface area contributed by atoms with Crippen molar-refractivity contribution in [2.75, 3.05) is 67.2 Å². The van der Waals surface area contributed by atoms with Crippen molar-refractivity contribution in [1.82, 2.24) is 4.90 Å². The summed E-state index contributed by atoms with van der Waals surface area (Å²) in [6.45, 7) is 5.70. The molecule has 0 atom stereocenters. The molecule has 1 aliphatic heterocycles. The number of nitrogens with zero attached hydrogens (tertiary/aromatic N) is 3. The summed E-state index contributed by atoms with van der Waals surface area (Å²) in [4.78, 5) is 18.8. The molecule has 0 bridgehead atoms. The van der Waals surface area contributed by atoms with E-state index in [1.807, 2.05) is 37.4 Å². The number of likely N-dealkylation sites (N-methyl/N-ethyl adjacent to an activating group) is 1. The van der Waals surface area contributed by atoms with Crippen molar-refractivity contribution in [2.45, 2.75) is 16.7 Å². The van der Waals surface area contributed by atoms with Crippen LogP contribution in [-0.2, 0) is 14.8 Å². The number of rotatable bonds is 10. The zero-order chi connectivity index (χ0) is 27.1. The molecule has 0 aromatic heterocycles. The minimum atomic E-state index is -4.06. The van der Waals surface area contributed by atoms with Gasteiger partial charge in [-0.25, -0.2) is 8.42 Å². The second kappa shape index (κ2) is 12.6. The minimum absolute atomic E-state index is 0.103. The van der Waals surface area contributed by atoms with E-state index < -0.39 is 22.5 Å². The Morgan fingerprint density at radius 1 is 0.974 bits per heavy atom. The summed E-state index contributed by atoms with van der Waals surface area (Å²) in [5, 5.41) is 2.86. The lowest BCUT2D eigenvalue weighted by molar-refractivity contribution is -0.114. The number of para-hydroxylation sites is 2. The number of anilines is 3. The molecule has 1 fully saturated rings. The van der Waals surface area contributed by atoms with Crippen LogP contribution in [0.4, 0.5) is 17.1 Å². The van der Waals surface area contributed by atoms with E-state index >= 15 is 0 Å². The molecule has 1 saturated heterocycles. The maximum absolute atomic E-state index is 13.8. The summed E-state index contributed by atoms with van der Waals surface area (Å²) in [6, 6.07) is 21.1. The number of amides is 1. The second-order valence-corrected chi connectivity index (χ2v) is 11.7. The van der Waals surface area contributed by atoms with Crippen molar-refractivity contribution >= 4 is 44.8 Å². The van der Waals surface area contributed by atoms with Crippen molar-refractivity contribution in [2.24, 2.45) is 0 Å². The summed E-state index contributed by atoms with van der Waals surface area (Å²) >= 11 is 1.53. The van der Waals surface area contributed by atoms with Gasteiger partial charge in [0.2, 0.25) is 5.91 Å². The first kappa shape index (κ1) is 27.8. The average molecular weight is 555 g/mol. The van der Waals surface area contributed by atoms with Crippen LogP contribution < -0.4 is 19.3 Å². The Morgan fingerprint density at radius 2 is 1.63 bits per heavy atom. The van der Waals surface area contributed by atoms with E-state index in [1.165, 1.54) is 11.8 Å². The molecule has 4 rings (SSSR count). The van der Waals surface area contributed by atoms with Gasteiger partial charge in [-0.05, 0) is 80.9 Å². The standard InChI is InChI=1S/C28H34N4O4S2/c1-4-36-27-8-6-5-7-26(27)32(38(34,35)25-15-13-24(37-3)14-16-25)21-28(33)29-22-9-11-23(12-10-22)31-19-17-30(2)18-20-31/h5-16H,4,17-21H2,1-3H3,(H,29,33). The molecule has 10 heteroatoms. The van der Waals surface area contributed by atoms with Gasteiger partial charge in [0, 0.05) is 42.4 Å². The summed E-state index contributed by atoms with van der Waals surface area (Å²) in [5.41, 5.74) is 2.01. The van der Waals surface area contributed by atoms with Crippen molar-refractivity contribution < 1.29 is 17.9 Å². The lowest BCUT2D eigenvalue weighted by atomic mass is 10.2. The number of hydrogen-bond donors (Lipinski definition) is 1. The van der Waals surface area contributed by atoms with Crippen molar-refractivity contribution in [3.8, 4) is 5.75 Å². The molecule has 0 aliphatic carbocycles. The Balaban J connectivity index is 1.56. The highest BCUT2D eigenvalue weighted by Gasteiger charge is 2.29. The van der Waals surface area contributed by atoms with Crippen LogP contribution in [0.1, 0.15) is 6.92 Å². The zero-order valence-corrected chi connectivity index (χ0v) is 23.6. The molecule has 3 aromatic carbocycles. The van der Waals surface area contributed by atoms with Gasteiger partial charge >= 0.3 is 0 Å². The molecular weight excluding hydrogens is 520 g/mol. The van der Waals surface area contributed by atoms with Crippen LogP contribution in [0.25, 0.3) is 0 Å². The van der Waals surface area contributed by atoms with Gasteiger partial charge in [-0.15, -0.1) is 11.8 Å². The van der Waals surface area contributed by atoms with Gasteiger partial charge in [-0.1, -0.05) is 12.1 Å². The summed E-state index contributed by atoms with van der Waals surface area (Å²) in [6.07, 6.45) is 1.93. The Hall–Kier alpha value is -3.21. The largest absolute Gasteiger partial charge is 0.492 e. The highest BCUT2D eigenvalue weighted by molar-refractivity contribution is 7.98. The van der Waals surface area contributed by atoms with E-state index in [0.717, 1.165) is 41.1 Å². The van der Waals surface area contributed by atoms with Crippen molar-refractivity contribution in [1.29, 1.82) is 0 Å². The van der Waals surface area contributed by atoms with Crippen molar-refractivity contribution in [3.05, 3.63) is 72.8 Å². The van der Waals surface area contributed by atoms with Crippen LogP contribution in [0.5, 0.6) is 5.75 Å². The topological polar surface area (TPSA) is 82.2 Å². The number of hydrogen-bond acceptors (Lipinski definition) is 7. The Bertz CT molecular complexity index is 1320. The number of carbonyl (C=O) groups is 1. The number of piperazine rings is 1. The van der Waals surface area contributed by atoms with Gasteiger partial charge < -0.3 is 19.9 Å². The van der Waals surface area contributed by atoms with Gasteiger partial charge in [0.05, 0.1) is 17.2 Å². The lowest BCUT2D eigenvalue weighted by Gasteiger charge is -2.34. The fourth-order valence-electron chi connectivity index (χ4n) is 4.27. The number of benzene rings is 3. The molecule has 8 nitrogen and oxygen atoms in total. The molecule has 1 heterocycles. The second-order valence-electron chi connectivity index (χ2n) is 8.97. The SMILES string of the molecule is CCOc1ccccc1N(CC(=O)Nc1ccc(N2CCN(C)CC2)cc1)S(=O)(=O)c1ccc(SC)cc1. The fraction of sp³-hybridized carbons (Fsp3) is 0.321. The predicted octanol–water partition coefficient (Wildman–Crippen LogP) is 4.39. The molecule has 0 radical (unpaired) electrons. The molecule has 0 spiro atoms. The summed E-state index contributed by atoms with van der Waals surface area (Å²) < 4.78 is 34.4. The van der Waals surface area contributed by atoms with Crippen LogP contribution in [0.15, 0.2) is 82.6 Å². The van der Waals surface area contributed by atoms with E-state index in [9.17, 15) is 13.2 Å². The molecule has 38 heavy (non-hydrogen) atoms. The maximum Gasteiger partial charge on any atom is 0.264 e. The van der Waals surface area contributed by atoms with Crippen LogP contribution in [0.3, 0.4) is 0 Å². The molecule has 0 unspecified atom stereocenters. The Morgan fingerprint density at radius 3 is 2.26 bits per heavy atom.